The van der Waals surface area contributed by atoms with E-state index in [1.54, 1.807) is 41.2 Å². The van der Waals surface area contributed by atoms with Gasteiger partial charge in [-0.15, -0.1) is 0 Å². The molecule has 0 spiro atoms. The molecule has 0 atom stereocenters. The Balaban J connectivity index is 1.49. The molecule has 1 N–H and O–H groups in total. The van der Waals surface area contributed by atoms with Crippen molar-refractivity contribution in [3.63, 3.8) is 0 Å². The monoisotopic (exact) mass is 435 g/mol. The van der Waals surface area contributed by atoms with Gasteiger partial charge in [-0.2, -0.15) is 10.1 Å². The molecule has 0 aliphatic heterocycles. The Morgan fingerprint density at radius 1 is 1.13 bits per heavy atom. The lowest BCUT2D eigenvalue weighted by molar-refractivity contribution is 0.0951. The first-order valence-corrected chi connectivity index (χ1v) is 10.2. The summed E-state index contributed by atoms with van der Waals surface area (Å²) in [7, 11) is 0. The van der Waals surface area contributed by atoms with Gasteiger partial charge in [-0.1, -0.05) is 49.7 Å². The number of benzene rings is 2. The summed E-state index contributed by atoms with van der Waals surface area (Å²) in [5.74, 6) is 0.684. The van der Waals surface area contributed by atoms with Crippen LogP contribution in [0.2, 0.25) is 5.02 Å². The smallest absolute Gasteiger partial charge is 0.258 e. The number of amides is 1. The fraction of sp³-hybridized carbons (Fsp3) is 0.217. The lowest BCUT2D eigenvalue weighted by atomic mass is 9.96. The summed E-state index contributed by atoms with van der Waals surface area (Å²) < 4.78 is 7.16. The van der Waals surface area contributed by atoms with E-state index in [0.29, 0.717) is 34.4 Å². The van der Waals surface area contributed by atoms with Gasteiger partial charge in [-0.05, 0) is 36.4 Å². The third kappa shape index (κ3) is 4.67. The molecule has 8 heteroatoms. The van der Waals surface area contributed by atoms with Crippen LogP contribution in [-0.4, -0.2) is 25.8 Å². The SMILES string of the molecule is CC(C)(C)c1noc(-c2ccccc2C(=O)NCc2cnn(-c3ccc(Cl)cc3)c2)n1. The van der Waals surface area contributed by atoms with Crippen molar-refractivity contribution >= 4 is 17.5 Å². The first-order valence-electron chi connectivity index (χ1n) is 9.82. The summed E-state index contributed by atoms with van der Waals surface area (Å²) in [6, 6.07) is 14.5. The van der Waals surface area contributed by atoms with Crippen molar-refractivity contribution in [1.82, 2.24) is 25.2 Å². The van der Waals surface area contributed by atoms with Crippen LogP contribution in [0.15, 0.2) is 65.4 Å². The van der Waals surface area contributed by atoms with E-state index in [0.717, 1.165) is 11.3 Å². The van der Waals surface area contributed by atoms with Crippen LogP contribution in [0.5, 0.6) is 0 Å². The van der Waals surface area contributed by atoms with Gasteiger partial charge in [-0.25, -0.2) is 4.68 Å². The quantitative estimate of drug-likeness (QED) is 0.486. The molecule has 158 valence electrons. The molecule has 0 saturated heterocycles. The molecule has 0 aliphatic carbocycles. The van der Waals surface area contributed by atoms with Gasteiger partial charge in [0.15, 0.2) is 5.82 Å². The Bertz CT molecular complexity index is 1210. The summed E-state index contributed by atoms with van der Waals surface area (Å²) >= 11 is 5.94. The summed E-state index contributed by atoms with van der Waals surface area (Å²) in [6.45, 7) is 6.34. The Labute approximate surface area is 185 Å². The predicted octanol–water partition coefficient (Wildman–Crippen LogP) is 4.80. The van der Waals surface area contributed by atoms with E-state index in [1.165, 1.54) is 0 Å². The zero-order chi connectivity index (χ0) is 22.0. The van der Waals surface area contributed by atoms with Crippen LogP contribution in [0.1, 0.15) is 42.5 Å². The van der Waals surface area contributed by atoms with Crippen molar-refractivity contribution in [2.75, 3.05) is 0 Å². The molecule has 31 heavy (non-hydrogen) atoms. The highest BCUT2D eigenvalue weighted by Gasteiger charge is 2.23. The second-order valence-electron chi connectivity index (χ2n) is 8.17. The van der Waals surface area contributed by atoms with E-state index in [1.807, 2.05) is 45.2 Å². The molecule has 2 aromatic heterocycles. The Kier molecular flexibility index (Phi) is 5.61. The normalized spacial score (nSPS) is 11.5. The fourth-order valence-electron chi connectivity index (χ4n) is 2.97. The van der Waals surface area contributed by atoms with Crippen LogP contribution in [0.4, 0.5) is 0 Å². The Morgan fingerprint density at radius 3 is 2.58 bits per heavy atom. The summed E-state index contributed by atoms with van der Waals surface area (Å²) in [5.41, 5.74) is 2.58. The average Bonchev–Trinajstić information content (AvgIpc) is 3.42. The zero-order valence-corrected chi connectivity index (χ0v) is 18.2. The minimum absolute atomic E-state index is 0.231. The topological polar surface area (TPSA) is 85.8 Å². The van der Waals surface area contributed by atoms with E-state index >= 15 is 0 Å². The highest BCUT2D eigenvalue weighted by molar-refractivity contribution is 6.30. The maximum Gasteiger partial charge on any atom is 0.258 e. The number of nitrogens with zero attached hydrogens (tertiary/aromatic N) is 4. The van der Waals surface area contributed by atoms with Crippen LogP contribution < -0.4 is 5.32 Å². The van der Waals surface area contributed by atoms with Crippen LogP contribution in [0.25, 0.3) is 17.1 Å². The van der Waals surface area contributed by atoms with Gasteiger partial charge >= 0.3 is 0 Å². The predicted molar refractivity (Wildman–Crippen MR) is 118 cm³/mol. The van der Waals surface area contributed by atoms with Crippen LogP contribution in [0, 0.1) is 0 Å². The van der Waals surface area contributed by atoms with Crippen molar-refractivity contribution < 1.29 is 9.32 Å². The molecule has 0 saturated carbocycles. The van der Waals surface area contributed by atoms with E-state index in [9.17, 15) is 4.79 Å². The third-order valence-electron chi connectivity index (χ3n) is 4.68. The van der Waals surface area contributed by atoms with Gasteiger partial charge < -0.3 is 9.84 Å². The number of hydrogen-bond acceptors (Lipinski definition) is 5. The number of hydrogen-bond donors (Lipinski definition) is 1. The van der Waals surface area contributed by atoms with Gasteiger partial charge in [0.2, 0.25) is 0 Å². The van der Waals surface area contributed by atoms with Crippen molar-refractivity contribution in [3.05, 3.63) is 82.9 Å². The highest BCUT2D eigenvalue weighted by Crippen LogP contribution is 2.26. The molecule has 0 bridgehead atoms. The van der Waals surface area contributed by atoms with Crippen LogP contribution >= 0.6 is 11.6 Å². The second-order valence-corrected chi connectivity index (χ2v) is 8.61. The largest absolute Gasteiger partial charge is 0.348 e. The summed E-state index contributed by atoms with van der Waals surface area (Å²) in [5, 5.41) is 12.0. The molecule has 1 amide bonds. The molecule has 7 nitrogen and oxygen atoms in total. The number of nitrogens with one attached hydrogen (secondary N) is 1. The minimum Gasteiger partial charge on any atom is -0.348 e. The van der Waals surface area contributed by atoms with Gasteiger partial charge in [-0.3, -0.25) is 4.79 Å². The minimum atomic E-state index is -0.247. The molecule has 0 aliphatic rings. The summed E-state index contributed by atoms with van der Waals surface area (Å²) in [6.07, 6.45) is 3.58. The molecule has 2 aromatic carbocycles. The molecule has 0 fully saturated rings. The molecule has 0 radical (unpaired) electrons. The van der Waals surface area contributed by atoms with Crippen molar-refractivity contribution in [3.8, 4) is 17.1 Å². The number of rotatable bonds is 5. The number of aromatic nitrogens is 4. The second kappa shape index (κ2) is 8.35. The Morgan fingerprint density at radius 2 is 1.87 bits per heavy atom. The molecular weight excluding hydrogens is 414 g/mol. The number of halogens is 1. The Hall–Kier alpha value is -3.45. The molecule has 4 aromatic rings. The molecular formula is C23H22ClN5O2. The molecule has 2 heterocycles. The van der Waals surface area contributed by atoms with E-state index < -0.39 is 0 Å². The maximum atomic E-state index is 12.9. The van der Waals surface area contributed by atoms with Crippen LogP contribution in [0.3, 0.4) is 0 Å². The van der Waals surface area contributed by atoms with Gasteiger partial charge in [0.25, 0.3) is 11.8 Å². The average molecular weight is 436 g/mol. The van der Waals surface area contributed by atoms with Crippen molar-refractivity contribution in [2.24, 2.45) is 0 Å². The van der Waals surface area contributed by atoms with Gasteiger partial charge in [0, 0.05) is 28.7 Å². The van der Waals surface area contributed by atoms with E-state index in [4.69, 9.17) is 16.1 Å². The zero-order valence-electron chi connectivity index (χ0n) is 17.5. The third-order valence-corrected chi connectivity index (χ3v) is 4.93. The molecule has 0 unspecified atom stereocenters. The first kappa shape index (κ1) is 20.8. The van der Waals surface area contributed by atoms with E-state index in [-0.39, 0.29) is 11.3 Å². The fourth-order valence-corrected chi connectivity index (χ4v) is 3.10. The number of carbonyl (C=O) groups is 1. The maximum absolute atomic E-state index is 12.9. The van der Waals surface area contributed by atoms with Crippen molar-refractivity contribution in [1.29, 1.82) is 0 Å². The number of carbonyl (C=O) groups excluding carboxylic acids is 1. The van der Waals surface area contributed by atoms with E-state index in [2.05, 4.69) is 20.6 Å². The lowest BCUT2D eigenvalue weighted by Crippen LogP contribution is -2.23. The highest BCUT2D eigenvalue weighted by atomic mass is 35.5. The van der Waals surface area contributed by atoms with Crippen molar-refractivity contribution in [2.45, 2.75) is 32.7 Å². The standard InChI is InChI=1S/C23H22ClN5O2/c1-23(2,3)22-27-21(31-28-22)19-7-5-4-6-18(19)20(30)25-12-15-13-26-29(14-15)17-10-8-16(24)9-11-17/h4-11,13-14H,12H2,1-3H3,(H,25,30). The first-order chi connectivity index (χ1) is 14.8. The van der Waals surface area contributed by atoms with Crippen LogP contribution in [-0.2, 0) is 12.0 Å². The molecule has 4 rings (SSSR count). The summed E-state index contributed by atoms with van der Waals surface area (Å²) in [4.78, 5) is 17.4. The van der Waals surface area contributed by atoms with Gasteiger partial charge in [0.05, 0.1) is 23.0 Å². The lowest BCUT2D eigenvalue weighted by Gasteiger charge is -2.11. The van der Waals surface area contributed by atoms with Gasteiger partial charge in [0.1, 0.15) is 0 Å².